The van der Waals surface area contributed by atoms with E-state index in [1.54, 1.807) is 7.11 Å². The van der Waals surface area contributed by atoms with Gasteiger partial charge in [-0.15, -0.1) is 0 Å². The van der Waals surface area contributed by atoms with Crippen LogP contribution in [-0.2, 0) is 6.61 Å². The van der Waals surface area contributed by atoms with Gasteiger partial charge in [-0.3, -0.25) is 0 Å². The van der Waals surface area contributed by atoms with Gasteiger partial charge in [0.1, 0.15) is 6.61 Å². The first-order chi connectivity index (χ1) is 8.72. The summed E-state index contributed by atoms with van der Waals surface area (Å²) < 4.78 is 11.8. The van der Waals surface area contributed by atoms with Crippen LogP contribution in [0, 0.1) is 0 Å². The largest absolute Gasteiger partial charge is 0.493 e. The van der Waals surface area contributed by atoms with Crippen LogP contribution in [0.4, 0.5) is 5.69 Å². The van der Waals surface area contributed by atoms with Crippen molar-refractivity contribution in [3.8, 4) is 11.5 Å². The van der Waals surface area contributed by atoms with Gasteiger partial charge in [0.05, 0.1) is 7.11 Å². The number of ether oxygens (including phenoxy) is 2. The van der Waals surface area contributed by atoms with Crippen LogP contribution in [0.2, 0.25) is 0 Å². The molecule has 0 saturated heterocycles. The number of nitrogen functional groups attached to an aromatic ring is 1. The average Bonchev–Trinajstić information content (AvgIpc) is 2.41. The molecule has 0 radical (unpaired) electrons. The van der Waals surface area contributed by atoms with Crippen molar-refractivity contribution in [2.75, 3.05) is 12.8 Å². The van der Waals surface area contributed by atoms with Gasteiger partial charge in [0.25, 0.3) is 0 Å². The van der Waals surface area contributed by atoms with Gasteiger partial charge in [-0.2, -0.15) is 0 Å². The molecule has 0 bridgehead atoms. The van der Waals surface area contributed by atoms with Crippen LogP contribution in [-0.4, -0.2) is 7.11 Å². The van der Waals surface area contributed by atoms with Crippen molar-refractivity contribution in [3.05, 3.63) is 52.5 Å². The van der Waals surface area contributed by atoms with E-state index < -0.39 is 0 Å². The van der Waals surface area contributed by atoms with Gasteiger partial charge in [0.15, 0.2) is 11.5 Å². The average molecular weight is 308 g/mol. The lowest BCUT2D eigenvalue weighted by Crippen LogP contribution is -2.00. The second-order valence-corrected chi connectivity index (χ2v) is 4.55. The molecule has 0 amide bonds. The van der Waals surface area contributed by atoms with Crippen LogP contribution in [0.3, 0.4) is 0 Å². The minimum absolute atomic E-state index is 0.437. The first-order valence-corrected chi connectivity index (χ1v) is 6.30. The van der Waals surface area contributed by atoms with Gasteiger partial charge in [0, 0.05) is 15.7 Å². The smallest absolute Gasteiger partial charge is 0.161 e. The predicted molar refractivity (Wildman–Crippen MR) is 75.9 cm³/mol. The highest BCUT2D eigenvalue weighted by Gasteiger charge is 2.06. The Morgan fingerprint density at radius 3 is 2.50 bits per heavy atom. The zero-order chi connectivity index (χ0) is 13.0. The van der Waals surface area contributed by atoms with Crippen molar-refractivity contribution in [1.29, 1.82) is 0 Å². The molecule has 0 aromatic heterocycles. The van der Waals surface area contributed by atoms with Crippen molar-refractivity contribution in [1.82, 2.24) is 0 Å². The van der Waals surface area contributed by atoms with Crippen LogP contribution in [0.25, 0.3) is 0 Å². The van der Waals surface area contributed by atoms with Gasteiger partial charge in [-0.1, -0.05) is 24.3 Å². The molecular formula is C14H14BrNO2. The third-order valence-electron chi connectivity index (χ3n) is 2.56. The summed E-state index contributed by atoms with van der Waals surface area (Å²) in [4.78, 5) is 0. The minimum atomic E-state index is 0.437. The highest BCUT2D eigenvalue weighted by atomic mass is 79.9. The van der Waals surface area contributed by atoms with Crippen molar-refractivity contribution in [2.24, 2.45) is 0 Å². The molecule has 0 aliphatic heterocycles. The normalized spacial score (nSPS) is 10.1. The Morgan fingerprint density at radius 1 is 1.06 bits per heavy atom. The molecule has 0 aliphatic rings. The standard InChI is InChI=1S/C14H14BrNO2/c1-17-12-7-2-3-8-13(12)18-9-10-5-4-6-11(16)14(10)15/h2-8H,9,16H2,1H3. The highest BCUT2D eigenvalue weighted by Crippen LogP contribution is 2.29. The molecule has 94 valence electrons. The number of para-hydroxylation sites is 2. The first kappa shape index (κ1) is 12.8. The molecule has 4 heteroatoms. The van der Waals surface area contributed by atoms with Gasteiger partial charge < -0.3 is 15.2 Å². The third kappa shape index (κ3) is 2.76. The minimum Gasteiger partial charge on any atom is -0.493 e. The predicted octanol–water partition coefficient (Wildman–Crippen LogP) is 3.62. The lowest BCUT2D eigenvalue weighted by Gasteiger charge is -2.11. The Kier molecular flexibility index (Phi) is 4.10. The third-order valence-corrected chi connectivity index (χ3v) is 3.53. The van der Waals surface area contributed by atoms with Crippen molar-refractivity contribution < 1.29 is 9.47 Å². The summed E-state index contributed by atoms with van der Waals surface area (Å²) in [5.74, 6) is 1.44. The lowest BCUT2D eigenvalue weighted by molar-refractivity contribution is 0.284. The zero-order valence-corrected chi connectivity index (χ0v) is 11.6. The Hall–Kier alpha value is -1.68. The lowest BCUT2D eigenvalue weighted by atomic mass is 10.2. The summed E-state index contributed by atoms with van der Waals surface area (Å²) >= 11 is 3.45. The van der Waals surface area contributed by atoms with E-state index in [0.29, 0.717) is 18.0 Å². The van der Waals surface area contributed by atoms with Crippen molar-refractivity contribution in [3.63, 3.8) is 0 Å². The van der Waals surface area contributed by atoms with E-state index in [-0.39, 0.29) is 0 Å². The zero-order valence-electron chi connectivity index (χ0n) is 10.0. The van der Waals surface area contributed by atoms with Gasteiger partial charge in [0.2, 0.25) is 0 Å². The SMILES string of the molecule is COc1ccccc1OCc1cccc(N)c1Br. The van der Waals surface area contributed by atoms with Crippen LogP contribution in [0.15, 0.2) is 46.9 Å². The van der Waals surface area contributed by atoms with E-state index in [9.17, 15) is 0 Å². The summed E-state index contributed by atoms with van der Waals surface area (Å²) in [6.45, 7) is 0.437. The molecule has 0 saturated carbocycles. The molecule has 2 aromatic rings. The van der Waals surface area contributed by atoms with Crippen LogP contribution in [0.5, 0.6) is 11.5 Å². The Balaban J connectivity index is 2.14. The van der Waals surface area contributed by atoms with Crippen LogP contribution >= 0.6 is 15.9 Å². The summed E-state index contributed by atoms with van der Waals surface area (Å²) in [5.41, 5.74) is 7.52. The van der Waals surface area contributed by atoms with Crippen molar-refractivity contribution in [2.45, 2.75) is 6.61 Å². The van der Waals surface area contributed by atoms with Crippen molar-refractivity contribution >= 4 is 21.6 Å². The maximum absolute atomic E-state index is 5.82. The summed E-state index contributed by atoms with van der Waals surface area (Å²) in [6.07, 6.45) is 0. The Morgan fingerprint density at radius 2 is 1.78 bits per heavy atom. The monoisotopic (exact) mass is 307 g/mol. The molecular weight excluding hydrogens is 294 g/mol. The molecule has 0 atom stereocenters. The molecule has 18 heavy (non-hydrogen) atoms. The molecule has 2 rings (SSSR count). The topological polar surface area (TPSA) is 44.5 Å². The van der Waals surface area contributed by atoms with E-state index >= 15 is 0 Å². The molecule has 3 nitrogen and oxygen atoms in total. The molecule has 2 aromatic carbocycles. The summed E-state index contributed by atoms with van der Waals surface area (Å²) in [5, 5.41) is 0. The number of rotatable bonds is 4. The Bertz CT molecular complexity index is 543. The number of hydrogen-bond acceptors (Lipinski definition) is 3. The maximum Gasteiger partial charge on any atom is 0.161 e. The second-order valence-electron chi connectivity index (χ2n) is 3.76. The first-order valence-electron chi connectivity index (χ1n) is 5.51. The molecule has 2 N–H and O–H groups in total. The number of hydrogen-bond donors (Lipinski definition) is 1. The van der Waals surface area contributed by atoms with E-state index in [4.69, 9.17) is 15.2 Å². The van der Waals surface area contributed by atoms with Crippen LogP contribution < -0.4 is 15.2 Å². The number of methoxy groups -OCH3 is 1. The number of halogens is 1. The van der Waals surface area contributed by atoms with E-state index in [1.807, 2.05) is 42.5 Å². The summed E-state index contributed by atoms with van der Waals surface area (Å²) in [6, 6.07) is 13.3. The maximum atomic E-state index is 5.82. The second kappa shape index (κ2) is 5.78. The molecule has 0 unspecified atom stereocenters. The molecule has 0 heterocycles. The van der Waals surface area contributed by atoms with Gasteiger partial charge in [-0.05, 0) is 34.1 Å². The summed E-state index contributed by atoms with van der Waals surface area (Å²) in [7, 11) is 1.62. The van der Waals surface area contributed by atoms with E-state index in [2.05, 4.69) is 15.9 Å². The molecule has 0 fully saturated rings. The quantitative estimate of drug-likeness (QED) is 0.877. The fourth-order valence-corrected chi connectivity index (χ4v) is 1.98. The Labute approximate surface area is 115 Å². The fourth-order valence-electron chi connectivity index (χ4n) is 1.60. The number of nitrogens with two attached hydrogens (primary N) is 1. The highest BCUT2D eigenvalue weighted by molar-refractivity contribution is 9.10. The van der Waals surface area contributed by atoms with Crippen LogP contribution in [0.1, 0.15) is 5.56 Å². The number of anilines is 1. The molecule has 0 aliphatic carbocycles. The van der Waals surface area contributed by atoms with E-state index in [1.165, 1.54) is 0 Å². The van der Waals surface area contributed by atoms with Gasteiger partial charge >= 0.3 is 0 Å². The fraction of sp³-hybridized carbons (Fsp3) is 0.143. The van der Waals surface area contributed by atoms with Gasteiger partial charge in [-0.25, -0.2) is 0 Å². The van der Waals surface area contributed by atoms with E-state index in [0.717, 1.165) is 15.8 Å². The molecule has 0 spiro atoms. The number of benzene rings is 2.